The van der Waals surface area contributed by atoms with Crippen molar-refractivity contribution in [3.63, 3.8) is 0 Å². The Kier molecular flexibility index (Phi) is 5.16. The number of rotatable bonds is 5. The van der Waals surface area contributed by atoms with Gasteiger partial charge in [-0.1, -0.05) is 23.7 Å². The minimum absolute atomic E-state index is 0.161. The predicted molar refractivity (Wildman–Crippen MR) is 66.0 cm³/mol. The van der Waals surface area contributed by atoms with Crippen LogP contribution < -0.4 is 0 Å². The summed E-state index contributed by atoms with van der Waals surface area (Å²) in [7, 11) is 1.29. The van der Waals surface area contributed by atoms with Crippen LogP contribution in [0.15, 0.2) is 24.3 Å². The molecule has 0 saturated heterocycles. The van der Waals surface area contributed by atoms with Crippen LogP contribution in [0.5, 0.6) is 0 Å². The molecule has 1 atom stereocenters. The molecule has 92 valence electrons. The van der Waals surface area contributed by atoms with Crippen molar-refractivity contribution >= 4 is 23.4 Å². The summed E-state index contributed by atoms with van der Waals surface area (Å²) < 4.78 is 4.60. The lowest BCUT2D eigenvalue weighted by atomic mass is 9.96. The summed E-state index contributed by atoms with van der Waals surface area (Å²) in [4.78, 5) is 22.7. The molecule has 1 aromatic carbocycles. The van der Waals surface area contributed by atoms with Gasteiger partial charge in [0, 0.05) is 5.02 Å². The Bertz CT molecular complexity index is 398. The highest BCUT2D eigenvalue weighted by molar-refractivity contribution is 6.30. The van der Waals surface area contributed by atoms with Gasteiger partial charge in [0.05, 0.1) is 7.11 Å². The number of carbonyl (C=O) groups is 2. The van der Waals surface area contributed by atoms with Crippen molar-refractivity contribution in [1.82, 2.24) is 0 Å². The van der Waals surface area contributed by atoms with Crippen molar-refractivity contribution in [2.45, 2.75) is 19.8 Å². The largest absolute Gasteiger partial charge is 0.468 e. The number of aryl methyl sites for hydroxylation is 1. The molecule has 0 bridgehead atoms. The lowest BCUT2D eigenvalue weighted by molar-refractivity contribution is -0.149. The molecule has 1 rings (SSSR count). The molecular weight excluding hydrogens is 240 g/mol. The summed E-state index contributed by atoms with van der Waals surface area (Å²) in [6, 6.07) is 7.35. The number of ether oxygens (including phenoxy) is 1. The van der Waals surface area contributed by atoms with Gasteiger partial charge in [-0.15, -0.1) is 0 Å². The summed E-state index contributed by atoms with van der Waals surface area (Å²) in [5.74, 6) is -1.30. The van der Waals surface area contributed by atoms with Gasteiger partial charge >= 0.3 is 5.97 Å². The summed E-state index contributed by atoms with van der Waals surface area (Å²) in [6.45, 7) is 1.41. The first-order valence-electron chi connectivity index (χ1n) is 5.37. The van der Waals surface area contributed by atoms with E-state index in [0.717, 1.165) is 5.56 Å². The Morgan fingerprint density at radius 2 is 1.88 bits per heavy atom. The van der Waals surface area contributed by atoms with Crippen molar-refractivity contribution in [2.75, 3.05) is 7.11 Å². The Morgan fingerprint density at radius 1 is 1.29 bits per heavy atom. The SMILES string of the molecule is COC(=O)C(CCc1ccc(Cl)cc1)C(C)=O. The van der Waals surface area contributed by atoms with Crippen LogP contribution in [0.2, 0.25) is 5.02 Å². The van der Waals surface area contributed by atoms with E-state index >= 15 is 0 Å². The number of Topliss-reactive ketones (excluding diaryl/α,β-unsaturated/α-hetero) is 1. The van der Waals surface area contributed by atoms with E-state index in [1.807, 2.05) is 12.1 Å². The average Bonchev–Trinajstić information content (AvgIpc) is 2.31. The highest BCUT2D eigenvalue weighted by Gasteiger charge is 2.23. The molecule has 0 aliphatic heterocycles. The fourth-order valence-corrected chi connectivity index (χ4v) is 1.72. The van der Waals surface area contributed by atoms with E-state index in [0.29, 0.717) is 17.9 Å². The third-order valence-corrected chi connectivity index (χ3v) is 2.86. The second kappa shape index (κ2) is 6.40. The molecule has 0 fully saturated rings. The first kappa shape index (κ1) is 13.7. The quantitative estimate of drug-likeness (QED) is 0.599. The van der Waals surface area contributed by atoms with Gasteiger partial charge in [-0.05, 0) is 37.5 Å². The maximum absolute atomic E-state index is 11.4. The number of benzene rings is 1. The minimum Gasteiger partial charge on any atom is -0.468 e. The van der Waals surface area contributed by atoms with Gasteiger partial charge in [0.15, 0.2) is 0 Å². The zero-order valence-corrected chi connectivity index (χ0v) is 10.7. The van der Waals surface area contributed by atoms with Gasteiger partial charge in [-0.3, -0.25) is 9.59 Å². The summed E-state index contributed by atoms with van der Waals surface area (Å²) in [5, 5.41) is 0.671. The maximum Gasteiger partial charge on any atom is 0.316 e. The molecule has 0 N–H and O–H groups in total. The molecule has 0 heterocycles. The Labute approximate surface area is 106 Å². The standard InChI is InChI=1S/C13H15ClO3/c1-9(15)12(13(16)17-2)8-5-10-3-6-11(14)7-4-10/h3-4,6-7,12H,5,8H2,1-2H3. The Hall–Kier alpha value is -1.35. The van der Waals surface area contributed by atoms with Gasteiger partial charge in [0.1, 0.15) is 11.7 Å². The van der Waals surface area contributed by atoms with Gasteiger partial charge in [-0.25, -0.2) is 0 Å². The second-order valence-electron chi connectivity index (χ2n) is 3.85. The molecule has 1 unspecified atom stereocenters. The van der Waals surface area contributed by atoms with Crippen LogP contribution >= 0.6 is 11.6 Å². The van der Waals surface area contributed by atoms with Crippen molar-refractivity contribution in [1.29, 1.82) is 0 Å². The molecule has 3 nitrogen and oxygen atoms in total. The highest BCUT2D eigenvalue weighted by Crippen LogP contribution is 2.15. The van der Waals surface area contributed by atoms with Crippen LogP contribution in [0.4, 0.5) is 0 Å². The summed E-state index contributed by atoms with van der Waals surface area (Å²) in [6.07, 6.45) is 1.11. The van der Waals surface area contributed by atoms with Crippen LogP contribution in [-0.4, -0.2) is 18.9 Å². The van der Waals surface area contributed by atoms with E-state index in [9.17, 15) is 9.59 Å². The lowest BCUT2D eigenvalue weighted by Gasteiger charge is -2.11. The Morgan fingerprint density at radius 3 is 2.35 bits per heavy atom. The molecule has 0 aromatic heterocycles. The van der Waals surface area contributed by atoms with Crippen molar-refractivity contribution in [3.05, 3.63) is 34.9 Å². The molecular formula is C13H15ClO3. The lowest BCUT2D eigenvalue weighted by Crippen LogP contribution is -2.23. The van der Waals surface area contributed by atoms with Crippen molar-refractivity contribution < 1.29 is 14.3 Å². The molecule has 0 aliphatic carbocycles. The van der Waals surface area contributed by atoms with E-state index in [4.69, 9.17) is 11.6 Å². The third-order valence-electron chi connectivity index (χ3n) is 2.61. The first-order valence-corrected chi connectivity index (χ1v) is 5.75. The van der Waals surface area contributed by atoms with E-state index in [-0.39, 0.29) is 5.78 Å². The molecule has 0 saturated carbocycles. The topological polar surface area (TPSA) is 43.4 Å². The molecule has 0 radical (unpaired) electrons. The van der Waals surface area contributed by atoms with Gasteiger partial charge in [0.2, 0.25) is 0 Å². The number of hydrogen-bond acceptors (Lipinski definition) is 3. The summed E-state index contributed by atoms with van der Waals surface area (Å²) >= 11 is 5.77. The number of hydrogen-bond donors (Lipinski definition) is 0. The number of halogens is 1. The monoisotopic (exact) mass is 254 g/mol. The smallest absolute Gasteiger partial charge is 0.316 e. The molecule has 17 heavy (non-hydrogen) atoms. The minimum atomic E-state index is -0.671. The first-order chi connectivity index (χ1) is 8.04. The van der Waals surface area contributed by atoms with Gasteiger partial charge in [0.25, 0.3) is 0 Å². The Balaban J connectivity index is 2.61. The normalized spacial score (nSPS) is 11.9. The van der Waals surface area contributed by atoms with Gasteiger partial charge in [-0.2, -0.15) is 0 Å². The van der Waals surface area contributed by atoms with E-state index in [1.54, 1.807) is 12.1 Å². The maximum atomic E-state index is 11.4. The van der Waals surface area contributed by atoms with E-state index in [1.165, 1.54) is 14.0 Å². The second-order valence-corrected chi connectivity index (χ2v) is 4.29. The molecule has 0 aliphatic rings. The van der Waals surface area contributed by atoms with E-state index < -0.39 is 11.9 Å². The fourth-order valence-electron chi connectivity index (χ4n) is 1.59. The van der Waals surface area contributed by atoms with Crippen LogP contribution in [0.3, 0.4) is 0 Å². The van der Waals surface area contributed by atoms with Crippen LogP contribution in [-0.2, 0) is 20.7 Å². The molecule has 4 heteroatoms. The van der Waals surface area contributed by atoms with Crippen LogP contribution in [0.25, 0.3) is 0 Å². The zero-order valence-electron chi connectivity index (χ0n) is 9.90. The predicted octanol–water partition coefficient (Wildman–Crippen LogP) is 2.65. The van der Waals surface area contributed by atoms with Crippen molar-refractivity contribution in [3.8, 4) is 0 Å². The number of carbonyl (C=O) groups excluding carboxylic acids is 2. The summed E-state index contributed by atoms with van der Waals surface area (Å²) in [5.41, 5.74) is 1.05. The molecule has 1 aromatic rings. The molecule has 0 amide bonds. The number of esters is 1. The van der Waals surface area contributed by atoms with Gasteiger partial charge < -0.3 is 4.74 Å². The molecule has 0 spiro atoms. The zero-order chi connectivity index (χ0) is 12.8. The van der Waals surface area contributed by atoms with Crippen molar-refractivity contribution in [2.24, 2.45) is 5.92 Å². The number of ketones is 1. The average molecular weight is 255 g/mol. The van der Waals surface area contributed by atoms with E-state index in [2.05, 4.69) is 4.74 Å². The third kappa shape index (κ3) is 4.19. The fraction of sp³-hybridized carbons (Fsp3) is 0.385. The van der Waals surface area contributed by atoms with Crippen LogP contribution in [0.1, 0.15) is 18.9 Å². The van der Waals surface area contributed by atoms with Crippen LogP contribution in [0, 0.1) is 5.92 Å². The highest BCUT2D eigenvalue weighted by atomic mass is 35.5. The number of methoxy groups -OCH3 is 1.